The van der Waals surface area contributed by atoms with Gasteiger partial charge in [0.1, 0.15) is 5.75 Å². The molecule has 1 atom stereocenters. The number of carbonyl (C=O) groups excluding carboxylic acids is 1. The Labute approximate surface area is 127 Å². The number of amides is 1. The lowest BCUT2D eigenvalue weighted by atomic mass is 9.94. The smallest absolute Gasteiger partial charge is 0.251 e. The molecule has 21 heavy (non-hydrogen) atoms. The zero-order valence-corrected chi connectivity index (χ0v) is 13.5. The van der Waals surface area contributed by atoms with Crippen LogP contribution in [0.3, 0.4) is 0 Å². The van der Waals surface area contributed by atoms with E-state index in [0.29, 0.717) is 23.9 Å². The molecule has 0 aliphatic heterocycles. The minimum atomic E-state index is -0.0972. The van der Waals surface area contributed by atoms with Crippen LogP contribution in [-0.2, 0) is 0 Å². The van der Waals surface area contributed by atoms with Crippen molar-refractivity contribution in [3.8, 4) is 5.75 Å². The summed E-state index contributed by atoms with van der Waals surface area (Å²) >= 11 is 0. The molecule has 2 N–H and O–H groups in total. The quantitative estimate of drug-likeness (QED) is 0.775. The number of ether oxygens (including phenoxy) is 1. The summed E-state index contributed by atoms with van der Waals surface area (Å²) in [5, 5.41) is 12.1. The lowest BCUT2D eigenvalue weighted by Crippen LogP contribution is -2.30. The Bertz CT molecular complexity index is 457. The first kappa shape index (κ1) is 17.5. The number of nitrogens with one attached hydrogen (secondary N) is 1. The highest BCUT2D eigenvalue weighted by molar-refractivity contribution is 5.94. The zero-order chi connectivity index (χ0) is 15.8. The van der Waals surface area contributed by atoms with Crippen LogP contribution in [0.25, 0.3) is 0 Å². The van der Waals surface area contributed by atoms with Crippen LogP contribution < -0.4 is 10.1 Å². The van der Waals surface area contributed by atoms with E-state index < -0.39 is 0 Å². The van der Waals surface area contributed by atoms with Gasteiger partial charge in [-0.1, -0.05) is 19.9 Å². The molecule has 0 fully saturated rings. The van der Waals surface area contributed by atoms with Crippen molar-refractivity contribution >= 4 is 5.91 Å². The topological polar surface area (TPSA) is 58.6 Å². The van der Waals surface area contributed by atoms with E-state index in [-0.39, 0.29) is 12.5 Å². The van der Waals surface area contributed by atoms with Gasteiger partial charge in [0.25, 0.3) is 5.91 Å². The Kier molecular flexibility index (Phi) is 7.23. The van der Waals surface area contributed by atoms with Gasteiger partial charge >= 0.3 is 0 Å². The van der Waals surface area contributed by atoms with Gasteiger partial charge < -0.3 is 15.2 Å². The summed E-state index contributed by atoms with van der Waals surface area (Å²) in [5.74, 6) is 1.49. The molecule has 0 aromatic heterocycles. The maximum atomic E-state index is 12.2. The second-order valence-electron chi connectivity index (χ2n) is 5.90. The molecule has 118 valence electrons. The highest BCUT2D eigenvalue weighted by Gasteiger charge is 2.14. The minimum absolute atomic E-state index is 0.0972. The Morgan fingerprint density at radius 1 is 1.38 bits per heavy atom. The lowest BCUT2D eigenvalue weighted by molar-refractivity contribution is 0.0941. The molecule has 1 rings (SSSR count). The number of hydrogen-bond acceptors (Lipinski definition) is 3. The van der Waals surface area contributed by atoms with Crippen LogP contribution >= 0.6 is 0 Å². The molecule has 1 aromatic carbocycles. The van der Waals surface area contributed by atoms with Gasteiger partial charge in [0.15, 0.2) is 0 Å². The molecular formula is C17H27NO3. The van der Waals surface area contributed by atoms with Gasteiger partial charge in [-0.05, 0) is 49.3 Å². The van der Waals surface area contributed by atoms with Crippen LogP contribution in [0.15, 0.2) is 18.2 Å². The molecule has 0 saturated heterocycles. The van der Waals surface area contributed by atoms with E-state index in [1.807, 2.05) is 13.0 Å². The molecule has 1 amide bonds. The average molecular weight is 293 g/mol. The molecule has 0 heterocycles. The molecule has 0 bridgehead atoms. The summed E-state index contributed by atoms with van der Waals surface area (Å²) in [6, 6.07) is 5.44. The van der Waals surface area contributed by atoms with E-state index >= 15 is 0 Å². The third kappa shape index (κ3) is 5.76. The lowest BCUT2D eigenvalue weighted by Gasteiger charge is -2.18. The SMILES string of the molecule is COc1cc(C(=O)NCC(CCO)CC(C)C)ccc1C. The summed E-state index contributed by atoms with van der Waals surface area (Å²) < 4.78 is 5.24. The number of rotatable bonds is 8. The molecule has 0 spiro atoms. The van der Waals surface area contributed by atoms with Gasteiger partial charge in [-0.15, -0.1) is 0 Å². The summed E-state index contributed by atoms with van der Waals surface area (Å²) in [4.78, 5) is 12.2. The van der Waals surface area contributed by atoms with Crippen LogP contribution in [0, 0.1) is 18.8 Å². The van der Waals surface area contributed by atoms with E-state index in [2.05, 4.69) is 19.2 Å². The Morgan fingerprint density at radius 3 is 2.67 bits per heavy atom. The number of aryl methyl sites for hydroxylation is 1. The molecular weight excluding hydrogens is 266 g/mol. The van der Waals surface area contributed by atoms with Crippen molar-refractivity contribution in [2.24, 2.45) is 11.8 Å². The number of aliphatic hydroxyl groups is 1. The number of hydrogen-bond donors (Lipinski definition) is 2. The van der Waals surface area contributed by atoms with E-state index in [1.165, 1.54) is 0 Å². The van der Waals surface area contributed by atoms with Crippen molar-refractivity contribution in [3.05, 3.63) is 29.3 Å². The summed E-state index contributed by atoms with van der Waals surface area (Å²) in [5.41, 5.74) is 1.61. The average Bonchev–Trinajstić information content (AvgIpc) is 2.44. The normalized spacial score (nSPS) is 12.3. The predicted octanol–water partition coefficient (Wildman–Crippen LogP) is 2.78. The minimum Gasteiger partial charge on any atom is -0.496 e. The molecule has 4 nitrogen and oxygen atoms in total. The molecule has 4 heteroatoms. The summed E-state index contributed by atoms with van der Waals surface area (Å²) in [6.45, 7) is 6.99. The first-order valence-corrected chi connectivity index (χ1v) is 7.51. The fourth-order valence-electron chi connectivity index (χ4n) is 2.45. The Balaban J connectivity index is 2.63. The Hall–Kier alpha value is -1.55. The summed E-state index contributed by atoms with van der Waals surface area (Å²) in [6.07, 6.45) is 1.72. The van der Waals surface area contributed by atoms with Crippen molar-refractivity contribution in [2.75, 3.05) is 20.3 Å². The van der Waals surface area contributed by atoms with Crippen molar-refractivity contribution in [3.63, 3.8) is 0 Å². The molecule has 0 saturated carbocycles. The van der Waals surface area contributed by atoms with Gasteiger partial charge in [-0.3, -0.25) is 4.79 Å². The second kappa shape index (κ2) is 8.67. The van der Waals surface area contributed by atoms with Crippen LogP contribution in [0.4, 0.5) is 0 Å². The fraction of sp³-hybridized carbons (Fsp3) is 0.588. The van der Waals surface area contributed by atoms with Crippen LogP contribution in [0.2, 0.25) is 0 Å². The predicted molar refractivity (Wildman–Crippen MR) is 84.7 cm³/mol. The second-order valence-corrected chi connectivity index (χ2v) is 5.90. The first-order chi connectivity index (χ1) is 9.97. The van der Waals surface area contributed by atoms with E-state index in [0.717, 1.165) is 24.2 Å². The van der Waals surface area contributed by atoms with Gasteiger partial charge in [0, 0.05) is 18.7 Å². The highest BCUT2D eigenvalue weighted by Crippen LogP contribution is 2.19. The Morgan fingerprint density at radius 2 is 2.10 bits per heavy atom. The van der Waals surface area contributed by atoms with Crippen LogP contribution in [-0.4, -0.2) is 31.3 Å². The first-order valence-electron chi connectivity index (χ1n) is 7.51. The molecule has 0 aliphatic carbocycles. The fourth-order valence-corrected chi connectivity index (χ4v) is 2.45. The highest BCUT2D eigenvalue weighted by atomic mass is 16.5. The van der Waals surface area contributed by atoms with Gasteiger partial charge in [0.05, 0.1) is 7.11 Å². The zero-order valence-electron chi connectivity index (χ0n) is 13.5. The number of aliphatic hydroxyl groups excluding tert-OH is 1. The maximum absolute atomic E-state index is 12.2. The monoisotopic (exact) mass is 293 g/mol. The van der Waals surface area contributed by atoms with E-state index in [1.54, 1.807) is 19.2 Å². The molecule has 0 aliphatic rings. The largest absolute Gasteiger partial charge is 0.496 e. The van der Waals surface area contributed by atoms with Crippen molar-refractivity contribution in [2.45, 2.75) is 33.6 Å². The van der Waals surface area contributed by atoms with E-state index in [9.17, 15) is 4.79 Å². The van der Waals surface area contributed by atoms with Crippen LogP contribution in [0.5, 0.6) is 5.75 Å². The van der Waals surface area contributed by atoms with Gasteiger partial charge in [-0.2, -0.15) is 0 Å². The van der Waals surface area contributed by atoms with Crippen LogP contribution in [0.1, 0.15) is 42.6 Å². The van der Waals surface area contributed by atoms with Crippen molar-refractivity contribution in [1.82, 2.24) is 5.32 Å². The number of methoxy groups -OCH3 is 1. The third-order valence-corrected chi connectivity index (χ3v) is 3.56. The third-order valence-electron chi connectivity index (χ3n) is 3.56. The number of benzene rings is 1. The van der Waals surface area contributed by atoms with Crippen molar-refractivity contribution in [1.29, 1.82) is 0 Å². The molecule has 1 unspecified atom stereocenters. The van der Waals surface area contributed by atoms with Gasteiger partial charge in [0.2, 0.25) is 0 Å². The summed E-state index contributed by atoms with van der Waals surface area (Å²) in [7, 11) is 1.60. The molecule has 0 radical (unpaired) electrons. The standard InChI is InChI=1S/C17H27NO3/c1-12(2)9-14(7-8-19)11-18-17(20)15-6-5-13(3)16(10-15)21-4/h5-6,10,12,14,19H,7-9,11H2,1-4H3,(H,18,20). The van der Waals surface area contributed by atoms with E-state index in [4.69, 9.17) is 9.84 Å². The van der Waals surface area contributed by atoms with Crippen molar-refractivity contribution < 1.29 is 14.6 Å². The number of carbonyl (C=O) groups is 1. The maximum Gasteiger partial charge on any atom is 0.251 e. The van der Waals surface area contributed by atoms with Gasteiger partial charge in [-0.25, -0.2) is 0 Å². The molecule has 1 aromatic rings.